The highest BCUT2D eigenvalue weighted by Gasteiger charge is 2.06. The van der Waals surface area contributed by atoms with Crippen molar-refractivity contribution >= 4 is 23.2 Å². The Labute approximate surface area is 164 Å². The average Bonchev–Trinajstić information content (AvgIpc) is 2.64. The van der Waals surface area contributed by atoms with Crippen LogP contribution in [-0.4, -0.2) is 0 Å². The molecule has 0 saturated carbocycles. The maximum Gasteiger partial charge on any atom is 0.124 e. The second kappa shape index (κ2) is 9.09. The number of para-hydroxylation sites is 1. The van der Waals surface area contributed by atoms with E-state index in [4.69, 9.17) is 27.9 Å². The van der Waals surface area contributed by atoms with Crippen molar-refractivity contribution < 1.29 is 4.74 Å². The summed E-state index contributed by atoms with van der Waals surface area (Å²) in [5, 5.41) is 4.71. The first-order chi connectivity index (χ1) is 12.6. The largest absolute Gasteiger partial charge is 0.489 e. The van der Waals surface area contributed by atoms with E-state index in [0.29, 0.717) is 16.7 Å². The number of hydrogen-bond acceptors (Lipinski definition) is 2. The van der Waals surface area contributed by atoms with Crippen molar-refractivity contribution in [3.63, 3.8) is 0 Å². The van der Waals surface area contributed by atoms with E-state index in [-0.39, 0.29) is 0 Å². The van der Waals surface area contributed by atoms with Gasteiger partial charge in [-0.1, -0.05) is 77.3 Å². The van der Waals surface area contributed by atoms with Gasteiger partial charge in [-0.3, -0.25) is 0 Å². The number of benzene rings is 3. The van der Waals surface area contributed by atoms with Crippen LogP contribution in [0.2, 0.25) is 10.0 Å². The highest BCUT2D eigenvalue weighted by Crippen LogP contribution is 2.24. The molecule has 26 heavy (non-hydrogen) atoms. The van der Waals surface area contributed by atoms with Gasteiger partial charge in [-0.2, -0.15) is 0 Å². The molecule has 0 spiro atoms. The van der Waals surface area contributed by atoms with Gasteiger partial charge in [0.05, 0.1) is 0 Å². The average molecular weight is 386 g/mol. The van der Waals surface area contributed by atoms with Crippen LogP contribution in [0.5, 0.6) is 5.75 Å². The number of aryl methyl sites for hydroxylation is 1. The molecule has 0 heterocycles. The van der Waals surface area contributed by atoms with Crippen molar-refractivity contribution in [2.45, 2.75) is 26.6 Å². The lowest BCUT2D eigenvalue weighted by atomic mass is 10.1. The smallest absolute Gasteiger partial charge is 0.124 e. The van der Waals surface area contributed by atoms with Gasteiger partial charge in [0.2, 0.25) is 0 Å². The molecule has 3 aromatic rings. The SMILES string of the molecule is Cc1ccc(CNCc2ccccc2OCc2ccc(Cl)cc2Cl)cc1. The van der Waals surface area contributed by atoms with Gasteiger partial charge in [0.15, 0.2) is 0 Å². The molecule has 0 bridgehead atoms. The van der Waals surface area contributed by atoms with Gasteiger partial charge >= 0.3 is 0 Å². The minimum atomic E-state index is 0.408. The first-order valence-corrected chi connectivity index (χ1v) is 9.28. The van der Waals surface area contributed by atoms with Crippen molar-refractivity contribution in [1.29, 1.82) is 0 Å². The molecular weight excluding hydrogens is 365 g/mol. The number of halogens is 2. The molecule has 2 nitrogen and oxygen atoms in total. The Morgan fingerprint density at radius 1 is 0.846 bits per heavy atom. The Kier molecular flexibility index (Phi) is 6.56. The topological polar surface area (TPSA) is 21.3 Å². The summed E-state index contributed by atoms with van der Waals surface area (Å²) in [6.45, 7) is 4.05. The van der Waals surface area contributed by atoms with Gasteiger partial charge in [0, 0.05) is 34.3 Å². The summed E-state index contributed by atoms with van der Waals surface area (Å²) in [6, 6.07) is 22.0. The molecule has 1 N–H and O–H groups in total. The van der Waals surface area contributed by atoms with Gasteiger partial charge < -0.3 is 10.1 Å². The standard InChI is InChI=1S/C22H21Cl2NO/c1-16-6-8-17(9-7-16)13-25-14-18-4-2-3-5-22(18)26-15-19-10-11-20(23)12-21(19)24/h2-12,25H,13-15H2,1H3. The van der Waals surface area contributed by atoms with Crippen LogP contribution < -0.4 is 10.1 Å². The summed E-state index contributed by atoms with van der Waals surface area (Å²) in [5.74, 6) is 0.856. The highest BCUT2D eigenvalue weighted by molar-refractivity contribution is 6.35. The molecule has 0 saturated heterocycles. The zero-order chi connectivity index (χ0) is 18.4. The van der Waals surface area contributed by atoms with Crippen LogP contribution in [0.4, 0.5) is 0 Å². The third kappa shape index (κ3) is 5.25. The van der Waals surface area contributed by atoms with Crippen LogP contribution in [0.3, 0.4) is 0 Å². The van der Waals surface area contributed by atoms with E-state index in [2.05, 4.69) is 42.6 Å². The molecule has 0 fully saturated rings. The third-order valence-electron chi connectivity index (χ3n) is 4.14. The van der Waals surface area contributed by atoms with Crippen LogP contribution in [-0.2, 0) is 19.7 Å². The van der Waals surface area contributed by atoms with E-state index >= 15 is 0 Å². The van der Waals surface area contributed by atoms with E-state index in [1.165, 1.54) is 11.1 Å². The molecule has 134 valence electrons. The second-order valence-corrected chi connectivity index (χ2v) is 7.06. The molecule has 0 aliphatic rings. The molecule has 4 heteroatoms. The monoisotopic (exact) mass is 385 g/mol. The number of rotatable bonds is 7. The summed E-state index contributed by atoms with van der Waals surface area (Å²) >= 11 is 12.2. The predicted octanol–water partition coefficient (Wildman–Crippen LogP) is 6.17. The van der Waals surface area contributed by atoms with E-state index in [0.717, 1.165) is 30.0 Å². The van der Waals surface area contributed by atoms with Crippen LogP contribution in [0, 0.1) is 6.92 Å². The Hall–Kier alpha value is -2.00. The fraction of sp³-hybridized carbons (Fsp3) is 0.182. The van der Waals surface area contributed by atoms with E-state index in [9.17, 15) is 0 Å². The lowest BCUT2D eigenvalue weighted by Crippen LogP contribution is -2.13. The van der Waals surface area contributed by atoms with Crippen LogP contribution in [0.15, 0.2) is 66.7 Å². The minimum absolute atomic E-state index is 0.408. The Bertz CT molecular complexity index is 862. The zero-order valence-corrected chi connectivity index (χ0v) is 16.1. The highest BCUT2D eigenvalue weighted by atomic mass is 35.5. The fourth-order valence-corrected chi connectivity index (χ4v) is 3.10. The molecule has 0 aliphatic heterocycles. The summed E-state index contributed by atoms with van der Waals surface area (Å²) in [6.07, 6.45) is 0. The second-order valence-electron chi connectivity index (χ2n) is 6.22. The Morgan fingerprint density at radius 2 is 1.62 bits per heavy atom. The molecule has 3 aromatic carbocycles. The summed E-state index contributed by atoms with van der Waals surface area (Å²) in [7, 11) is 0. The first kappa shape index (κ1) is 18.8. The molecule has 0 atom stereocenters. The minimum Gasteiger partial charge on any atom is -0.489 e. The lowest BCUT2D eigenvalue weighted by Gasteiger charge is -2.13. The maximum atomic E-state index is 6.22. The zero-order valence-electron chi connectivity index (χ0n) is 14.6. The maximum absolute atomic E-state index is 6.22. The van der Waals surface area contributed by atoms with Gasteiger partial charge in [0.1, 0.15) is 12.4 Å². The quantitative estimate of drug-likeness (QED) is 0.524. The Morgan fingerprint density at radius 3 is 2.38 bits per heavy atom. The molecular formula is C22H21Cl2NO. The number of hydrogen-bond donors (Lipinski definition) is 1. The molecule has 0 radical (unpaired) electrons. The third-order valence-corrected chi connectivity index (χ3v) is 4.72. The van der Waals surface area contributed by atoms with Crippen molar-refractivity contribution in [3.8, 4) is 5.75 Å². The van der Waals surface area contributed by atoms with E-state index in [1.807, 2.05) is 30.3 Å². The van der Waals surface area contributed by atoms with Crippen molar-refractivity contribution in [1.82, 2.24) is 5.32 Å². The van der Waals surface area contributed by atoms with E-state index in [1.54, 1.807) is 6.07 Å². The van der Waals surface area contributed by atoms with Gasteiger partial charge in [-0.05, 0) is 30.7 Å². The summed E-state index contributed by atoms with van der Waals surface area (Å²) < 4.78 is 5.99. The molecule has 0 amide bonds. The molecule has 0 aliphatic carbocycles. The van der Waals surface area contributed by atoms with Crippen molar-refractivity contribution in [3.05, 3.63) is 99.0 Å². The summed E-state index contributed by atoms with van der Waals surface area (Å²) in [5.41, 5.74) is 4.57. The van der Waals surface area contributed by atoms with Gasteiger partial charge in [0.25, 0.3) is 0 Å². The van der Waals surface area contributed by atoms with Crippen molar-refractivity contribution in [2.24, 2.45) is 0 Å². The molecule has 3 rings (SSSR count). The van der Waals surface area contributed by atoms with Gasteiger partial charge in [-0.25, -0.2) is 0 Å². The Balaban J connectivity index is 1.59. The van der Waals surface area contributed by atoms with Gasteiger partial charge in [-0.15, -0.1) is 0 Å². The lowest BCUT2D eigenvalue weighted by molar-refractivity contribution is 0.302. The normalized spacial score (nSPS) is 10.7. The fourth-order valence-electron chi connectivity index (χ4n) is 2.63. The predicted molar refractivity (Wildman–Crippen MR) is 109 cm³/mol. The van der Waals surface area contributed by atoms with Crippen LogP contribution >= 0.6 is 23.2 Å². The van der Waals surface area contributed by atoms with Crippen molar-refractivity contribution in [2.75, 3.05) is 0 Å². The van der Waals surface area contributed by atoms with Crippen LogP contribution in [0.1, 0.15) is 22.3 Å². The molecule has 0 unspecified atom stereocenters. The number of ether oxygens (including phenoxy) is 1. The first-order valence-electron chi connectivity index (χ1n) is 8.53. The van der Waals surface area contributed by atoms with E-state index < -0.39 is 0 Å². The molecule has 0 aromatic heterocycles. The summed E-state index contributed by atoms with van der Waals surface area (Å²) in [4.78, 5) is 0. The number of nitrogens with one attached hydrogen (secondary N) is 1. The van der Waals surface area contributed by atoms with Crippen LogP contribution in [0.25, 0.3) is 0 Å².